The quantitative estimate of drug-likeness (QED) is 0.917. The van der Waals surface area contributed by atoms with E-state index in [1.54, 1.807) is 11.7 Å². The maximum atomic E-state index is 12.4. The topological polar surface area (TPSA) is 69.6 Å². The number of hydrogen-bond acceptors (Lipinski definition) is 4. The third kappa shape index (κ3) is 3.08. The standard InChI is InChI=1S/C11H12F3N5/c1-19-10(17-6-18-19)4-8(15)9-3-2-7(5-16-9)11(12,13)14/h2-3,5-6,8H,4,15H2,1H3. The highest BCUT2D eigenvalue weighted by atomic mass is 19.4. The molecule has 0 saturated heterocycles. The Bertz CT molecular complexity index is 546. The van der Waals surface area contributed by atoms with Gasteiger partial charge < -0.3 is 5.73 Å². The monoisotopic (exact) mass is 271 g/mol. The fourth-order valence-corrected chi connectivity index (χ4v) is 1.60. The van der Waals surface area contributed by atoms with E-state index in [9.17, 15) is 13.2 Å². The summed E-state index contributed by atoms with van der Waals surface area (Å²) in [5, 5.41) is 3.89. The summed E-state index contributed by atoms with van der Waals surface area (Å²) in [5.74, 6) is 0.647. The average Bonchev–Trinajstić information content (AvgIpc) is 2.74. The first kappa shape index (κ1) is 13.5. The molecular formula is C11H12F3N5. The van der Waals surface area contributed by atoms with E-state index < -0.39 is 17.8 Å². The lowest BCUT2D eigenvalue weighted by atomic mass is 10.1. The van der Waals surface area contributed by atoms with Crippen LogP contribution in [-0.2, 0) is 19.6 Å². The molecule has 8 heteroatoms. The molecule has 1 atom stereocenters. The lowest BCUT2D eigenvalue weighted by Crippen LogP contribution is -2.18. The molecule has 2 N–H and O–H groups in total. The Labute approximate surface area is 107 Å². The Hall–Kier alpha value is -1.96. The summed E-state index contributed by atoms with van der Waals surface area (Å²) in [6.45, 7) is 0. The second-order valence-corrected chi connectivity index (χ2v) is 4.08. The van der Waals surface area contributed by atoms with Crippen LogP contribution in [0, 0.1) is 0 Å². The second-order valence-electron chi connectivity index (χ2n) is 4.08. The number of pyridine rings is 1. The molecule has 2 heterocycles. The van der Waals surface area contributed by atoms with Crippen LogP contribution in [-0.4, -0.2) is 19.7 Å². The fraction of sp³-hybridized carbons (Fsp3) is 0.364. The summed E-state index contributed by atoms with van der Waals surface area (Å²) in [7, 11) is 1.72. The number of alkyl halides is 3. The van der Waals surface area contributed by atoms with E-state index in [-0.39, 0.29) is 0 Å². The van der Waals surface area contributed by atoms with Crippen LogP contribution in [0.15, 0.2) is 24.7 Å². The van der Waals surface area contributed by atoms with Crippen LogP contribution < -0.4 is 5.73 Å². The van der Waals surface area contributed by atoms with Crippen molar-refractivity contribution in [1.82, 2.24) is 19.7 Å². The molecule has 5 nitrogen and oxygen atoms in total. The number of nitrogens with two attached hydrogens (primary N) is 1. The van der Waals surface area contributed by atoms with Gasteiger partial charge in [-0.25, -0.2) is 4.98 Å². The van der Waals surface area contributed by atoms with Gasteiger partial charge in [0.1, 0.15) is 12.2 Å². The maximum Gasteiger partial charge on any atom is 0.417 e. The highest BCUT2D eigenvalue weighted by Crippen LogP contribution is 2.28. The zero-order chi connectivity index (χ0) is 14.0. The molecule has 1 unspecified atom stereocenters. The lowest BCUT2D eigenvalue weighted by molar-refractivity contribution is -0.137. The van der Waals surface area contributed by atoms with E-state index in [1.807, 2.05) is 0 Å². The van der Waals surface area contributed by atoms with E-state index in [0.29, 0.717) is 17.9 Å². The van der Waals surface area contributed by atoms with Gasteiger partial charge in [-0.2, -0.15) is 18.3 Å². The van der Waals surface area contributed by atoms with Crippen LogP contribution in [0.5, 0.6) is 0 Å². The minimum atomic E-state index is -4.39. The SMILES string of the molecule is Cn1ncnc1CC(N)c1ccc(C(F)(F)F)cn1. The van der Waals surface area contributed by atoms with Crippen LogP contribution in [0.4, 0.5) is 13.2 Å². The molecule has 102 valence electrons. The van der Waals surface area contributed by atoms with Crippen molar-refractivity contribution in [1.29, 1.82) is 0 Å². The smallest absolute Gasteiger partial charge is 0.322 e. The first-order chi connectivity index (χ1) is 8.88. The van der Waals surface area contributed by atoms with Gasteiger partial charge >= 0.3 is 6.18 Å². The van der Waals surface area contributed by atoms with Crippen LogP contribution in [0.3, 0.4) is 0 Å². The molecule has 2 rings (SSSR count). The molecule has 0 bridgehead atoms. The Morgan fingerprint density at radius 1 is 1.32 bits per heavy atom. The molecule has 2 aromatic rings. The van der Waals surface area contributed by atoms with Gasteiger partial charge in [0.2, 0.25) is 0 Å². The molecule has 0 aliphatic carbocycles. The Morgan fingerprint density at radius 3 is 2.53 bits per heavy atom. The van der Waals surface area contributed by atoms with Crippen molar-refractivity contribution in [2.75, 3.05) is 0 Å². The van der Waals surface area contributed by atoms with E-state index in [4.69, 9.17) is 5.73 Å². The Balaban J connectivity index is 2.12. The lowest BCUT2D eigenvalue weighted by Gasteiger charge is -2.12. The number of halogens is 3. The predicted octanol–water partition coefficient (Wildman–Crippen LogP) is 1.47. The first-order valence-corrected chi connectivity index (χ1v) is 5.49. The summed E-state index contributed by atoms with van der Waals surface area (Å²) < 4.78 is 38.7. The summed E-state index contributed by atoms with van der Waals surface area (Å²) in [6, 6.07) is 1.73. The largest absolute Gasteiger partial charge is 0.417 e. The third-order valence-electron chi connectivity index (χ3n) is 2.70. The molecule has 2 aromatic heterocycles. The highest BCUT2D eigenvalue weighted by molar-refractivity contribution is 5.19. The fourth-order valence-electron chi connectivity index (χ4n) is 1.60. The van der Waals surface area contributed by atoms with Gasteiger partial charge in [0.05, 0.1) is 17.3 Å². The second kappa shape index (κ2) is 4.96. The molecule has 0 fully saturated rings. The van der Waals surface area contributed by atoms with Crippen molar-refractivity contribution in [3.05, 3.63) is 41.7 Å². The number of hydrogen-bond donors (Lipinski definition) is 1. The Morgan fingerprint density at radius 2 is 2.05 bits per heavy atom. The highest BCUT2D eigenvalue weighted by Gasteiger charge is 2.30. The van der Waals surface area contributed by atoms with Crippen LogP contribution in [0.25, 0.3) is 0 Å². The molecule has 0 aliphatic rings. The van der Waals surface area contributed by atoms with Crippen LogP contribution in [0.2, 0.25) is 0 Å². The van der Waals surface area contributed by atoms with Gasteiger partial charge in [-0.05, 0) is 12.1 Å². The Kier molecular flexibility index (Phi) is 3.52. The van der Waals surface area contributed by atoms with Gasteiger partial charge in [0, 0.05) is 19.7 Å². The van der Waals surface area contributed by atoms with E-state index in [1.165, 1.54) is 12.4 Å². The predicted molar refractivity (Wildman–Crippen MR) is 60.9 cm³/mol. The van der Waals surface area contributed by atoms with Crippen molar-refractivity contribution >= 4 is 0 Å². The summed E-state index contributed by atoms with van der Waals surface area (Å²) in [5.41, 5.74) is 5.48. The molecular weight excluding hydrogens is 259 g/mol. The van der Waals surface area contributed by atoms with E-state index in [2.05, 4.69) is 15.1 Å². The van der Waals surface area contributed by atoms with E-state index in [0.717, 1.165) is 12.3 Å². The van der Waals surface area contributed by atoms with Crippen molar-refractivity contribution in [2.24, 2.45) is 12.8 Å². The molecule has 0 radical (unpaired) electrons. The van der Waals surface area contributed by atoms with Gasteiger partial charge in [-0.15, -0.1) is 0 Å². The number of nitrogens with zero attached hydrogens (tertiary/aromatic N) is 4. The van der Waals surface area contributed by atoms with Crippen LogP contribution >= 0.6 is 0 Å². The zero-order valence-corrected chi connectivity index (χ0v) is 10.1. The molecule has 19 heavy (non-hydrogen) atoms. The third-order valence-corrected chi connectivity index (χ3v) is 2.70. The molecule has 0 spiro atoms. The molecule has 0 amide bonds. The molecule has 0 saturated carbocycles. The normalized spacial score (nSPS) is 13.5. The number of aryl methyl sites for hydroxylation is 1. The minimum Gasteiger partial charge on any atom is -0.322 e. The van der Waals surface area contributed by atoms with Crippen molar-refractivity contribution < 1.29 is 13.2 Å². The first-order valence-electron chi connectivity index (χ1n) is 5.49. The van der Waals surface area contributed by atoms with Gasteiger partial charge in [-0.1, -0.05) is 0 Å². The summed E-state index contributed by atoms with van der Waals surface area (Å²) in [6.07, 6.45) is -1.86. The summed E-state index contributed by atoms with van der Waals surface area (Å²) in [4.78, 5) is 7.75. The maximum absolute atomic E-state index is 12.4. The van der Waals surface area contributed by atoms with E-state index >= 15 is 0 Å². The van der Waals surface area contributed by atoms with Crippen LogP contribution in [0.1, 0.15) is 23.1 Å². The van der Waals surface area contributed by atoms with Gasteiger partial charge in [0.15, 0.2) is 0 Å². The number of rotatable bonds is 3. The minimum absolute atomic E-state index is 0.356. The number of aromatic nitrogens is 4. The van der Waals surface area contributed by atoms with Crippen molar-refractivity contribution in [3.8, 4) is 0 Å². The zero-order valence-electron chi connectivity index (χ0n) is 10.1. The summed E-state index contributed by atoms with van der Waals surface area (Å²) >= 11 is 0. The van der Waals surface area contributed by atoms with Gasteiger partial charge in [-0.3, -0.25) is 9.67 Å². The molecule has 0 aliphatic heterocycles. The van der Waals surface area contributed by atoms with Crippen molar-refractivity contribution in [2.45, 2.75) is 18.6 Å². The van der Waals surface area contributed by atoms with Gasteiger partial charge in [0.25, 0.3) is 0 Å². The average molecular weight is 271 g/mol. The molecule has 0 aromatic carbocycles. The van der Waals surface area contributed by atoms with Crippen molar-refractivity contribution in [3.63, 3.8) is 0 Å².